The molecule has 0 radical (unpaired) electrons. The Hall–Kier alpha value is -1.88. The molecule has 96 valence electrons. The van der Waals surface area contributed by atoms with Crippen molar-refractivity contribution in [2.45, 2.75) is 12.8 Å². The first kappa shape index (κ1) is 12.6. The number of amides is 2. The van der Waals surface area contributed by atoms with Gasteiger partial charge in [-0.15, -0.1) is 0 Å². The molecule has 0 saturated carbocycles. The van der Waals surface area contributed by atoms with Crippen molar-refractivity contribution in [2.24, 2.45) is 0 Å². The Kier molecular flexibility index (Phi) is 3.94. The van der Waals surface area contributed by atoms with E-state index in [0.29, 0.717) is 19.5 Å². The highest BCUT2D eigenvalue weighted by atomic mass is 16.3. The summed E-state index contributed by atoms with van der Waals surface area (Å²) in [5, 5.41) is 11.1. The van der Waals surface area contributed by atoms with Crippen LogP contribution in [0.15, 0.2) is 24.3 Å². The van der Waals surface area contributed by atoms with E-state index < -0.39 is 11.8 Å². The lowest BCUT2D eigenvalue weighted by molar-refractivity contribution is -0.137. The van der Waals surface area contributed by atoms with E-state index in [0.717, 1.165) is 17.7 Å². The minimum Gasteiger partial charge on any atom is -0.396 e. The maximum atomic E-state index is 12.0. The third kappa shape index (κ3) is 2.51. The number of aliphatic hydroxyl groups is 1. The van der Waals surface area contributed by atoms with Crippen LogP contribution < -0.4 is 10.2 Å². The molecule has 0 aromatic heterocycles. The molecule has 0 saturated heterocycles. The summed E-state index contributed by atoms with van der Waals surface area (Å²) in [4.78, 5) is 25.1. The van der Waals surface area contributed by atoms with Gasteiger partial charge in [-0.25, -0.2) is 0 Å². The van der Waals surface area contributed by atoms with Crippen LogP contribution in [0.25, 0.3) is 0 Å². The Bertz CT molecular complexity index is 459. The second-order valence-corrected chi connectivity index (χ2v) is 4.17. The molecule has 0 aliphatic carbocycles. The van der Waals surface area contributed by atoms with E-state index in [2.05, 4.69) is 5.32 Å². The second-order valence-electron chi connectivity index (χ2n) is 4.17. The van der Waals surface area contributed by atoms with Gasteiger partial charge < -0.3 is 15.3 Å². The van der Waals surface area contributed by atoms with Gasteiger partial charge in [0.2, 0.25) is 0 Å². The number of fused-ring (bicyclic) bond motifs is 1. The van der Waals surface area contributed by atoms with Gasteiger partial charge in [0, 0.05) is 25.4 Å². The van der Waals surface area contributed by atoms with Crippen LogP contribution >= 0.6 is 0 Å². The van der Waals surface area contributed by atoms with Crippen LogP contribution in [-0.2, 0) is 16.0 Å². The van der Waals surface area contributed by atoms with E-state index in [4.69, 9.17) is 5.11 Å². The van der Waals surface area contributed by atoms with Crippen molar-refractivity contribution in [2.75, 3.05) is 24.6 Å². The van der Waals surface area contributed by atoms with E-state index >= 15 is 0 Å². The van der Waals surface area contributed by atoms with E-state index in [1.54, 1.807) is 0 Å². The number of para-hydroxylation sites is 1. The van der Waals surface area contributed by atoms with Crippen LogP contribution in [0.1, 0.15) is 12.0 Å². The van der Waals surface area contributed by atoms with Gasteiger partial charge in [-0.05, 0) is 24.5 Å². The molecule has 0 atom stereocenters. The van der Waals surface area contributed by atoms with Crippen LogP contribution in [0.4, 0.5) is 5.69 Å². The third-order valence-corrected chi connectivity index (χ3v) is 2.95. The molecule has 1 aliphatic heterocycles. The van der Waals surface area contributed by atoms with Crippen molar-refractivity contribution in [3.63, 3.8) is 0 Å². The maximum absolute atomic E-state index is 12.0. The number of anilines is 1. The van der Waals surface area contributed by atoms with Gasteiger partial charge >= 0.3 is 11.8 Å². The fourth-order valence-corrected chi connectivity index (χ4v) is 2.03. The number of carbonyl (C=O) groups is 2. The molecule has 1 aromatic rings. The van der Waals surface area contributed by atoms with Crippen LogP contribution in [0.2, 0.25) is 0 Å². The highest BCUT2D eigenvalue weighted by Crippen LogP contribution is 2.27. The summed E-state index contributed by atoms with van der Waals surface area (Å²) in [6.07, 6.45) is 1.24. The van der Waals surface area contributed by atoms with E-state index in [-0.39, 0.29) is 6.61 Å². The smallest absolute Gasteiger partial charge is 0.316 e. The van der Waals surface area contributed by atoms with Crippen LogP contribution in [0.3, 0.4) is 0 Å². The molecule has 1 heterocycles. The van der Waals surface area contributed by atoms with Gasteiger partial charge in [-0.2, -0.15) is 0 Å². The van der Waals surface area contributed by atoms with Crippen molar-refractivity contribution in [1.29, 1.82) is 0 Å². The molecule has 1 aromatic carbocycles. The maximum Gasteiger partial charge on any atom is 0.316 e. The second kappa shape index (κ2) is 5.64. The predicted molar refractivity (Wildman–Crippen MR) is 67.2 cm³/mol. The first-order valence-electron chi connectivity index (χ1n) is 6.02. The first-order chi connectivity index (χ1) is 8.74. The number of nitrogens with one attached hydrogen (secondary N) is 1. The van der Waals surface area contributed by atoms with Crippen molar-refractivity contribution in [1.82, 2.24) is 5.32 Å². The lowest BCUT2D eigenvalue weighted by Gasteiger charge is -2.16. The van der Waals surface area contributed by atoms with Crippen LogP contribution in [-0.4, -0.2) is 36.6 Å². The molecular weight excluding hydrogens is 232 g/mol. The van der Waals surface area contributed by atoms with E-state index in [9.17, 15) is 9.59 Å². The summed E-state index contributed by atoms with van der Waals surface area (Å²) < 4.78 is 0. The number of benzene rings is 1. The number of carbonyl (C=O) groups excluding carboxylic acids is 2. The number of nitrogens with zero attached hydrogens (tertiary/aromatic N) is 1. The standard InChI is InChI=1S/C13H16N2O3/c16-9-3-7-14-12(17)13(18)15-8-6-10-4-1-2-5-11(10)15/h1-2,4-5,16H,3,6-9H2,(H,14,17). The number of hydrogen-bond donors (Lipinski definition) is 2. The zero-order valence-corrected chi connectivity index (χ0v) is 10.1. The number of hydrogen-bond acceptors (Lipinski definition) is 3. The topological polar surface area (TPSA) is 69.6 Å². The molecule has 0 spiro atoms. The number of rotatable bonds is 3. The molecule has 18 heavy (non-hydrogen) atoms. The molecule has 2 amide bonds. The zero-order valence-electron chi connectivity index (χ0n) is 10.1. The van der Waals surface area contributed by atoms with Gasteiger partial charge in [0.25, 0.3) is 0 Å². The lowest BCUT2D eigenvalue weighted by atomic mass is 10.2. The molecule has 0 fully saturated rings. The fraction of sp³-hybridized carbons (Fsp3) is 0.385. The molecule has 5 nitrogen and oxygen atoms in total. The molecular formula is C13H16N2O3. The minimum atomic E-state index is -0.611. The van der Waals surface area contributed by atoms with Crippen molar-refractivity contribution in [3.05, 3.63) is 29.8 Å². The van der Waals surface area contributed by atoms with E-state index in [1.165, 1.54) is 4.90 Å². The zero-order chi connectivity index (χ0) is 13.0. The molecule has 0 bridgehead atoms. The van der Waals surface area contributed by atoms with Gasteiger partial charge in [0.15, 0.2) is 0 Å². The summed E-state index contributed by atoms with van der Waals surface area (Å²) in [6, 6.07) is 7.59. The summed E-state index contributed by atoms with van der Waals surface area (Å²) >= 11 is 0. The molecule has 2 rings (SSSR count). The third-order valence-electron chi connectivity index (χ3n) is 2.95. The Labute approximate surface area is 105 Å². The first-order valence-corrected chi connectivity index (χ1v) is 6.02. The SMILES string of the molecule is O=C(NCCCO)C(=O)N1CCc2ccccc21. The Morgan fingerprint density at radius 2 is 2.11 bits per heavy atom. The van der Waals surface area contributed by atoms with Crippen LogP contribution in [0, 0.1) is 0 Å². The van der Waals surface area contributed by atoms with Gasteiger partial charge in [-0.1, -0.05) is 18.2 Å². The van der Waals surface area contributed by atoms with Gasteiger partial charge in [-0.3, -0.25) is 9.59 Å². The summed E-state index contributed by atoms with van der Waals surface area (Å²) in [5.41, 5.74) is 1.91. The summed E-state index contributed by atoms with van der Waals surface area (Å²) in [7, 11) is 0. The van der Waals surface area contributed by atoms with Crippen molar-refractivity contribution in [3.8, 4) is 0 Å². The fourth-order valence-electron chi connectivity index (χ4n) is 2.03. The summed E-state index contributed by atoms with van der Waals surface area (Å²) in [5.74, 6) is -1.14. The highest BCUT2D eigenvalue weighted by Gasteiger charge is 2.28. The molecule has 0 unspecified atom stereocenters. The monoisotopic (exact) mass is 248 g/mol. The Balaban J connectivity index is 2.01. The van der Waals surface area contributed by atoms with Crippen molar-refractivity contribution < 1.29 is 14.7 Å². The lowest BCUT2D eigenvalue weighted by Crippen LogP contribution is -2.42. The summed E-state index contributed by atoms with van der Waals surface area (Å²) in [6.45, 7) is 0.864. The largest absolute Gasteiger partial charge is 0.396 e. The minimum absolute atomic E-state index is 0.00101. The predicted octanol–water partition coefficient (Wildman–Crippen LogP) is 0.0743. The Morgan fingerprint density at radius 3 is 2.89 bits per heavy atom. The van der Waals surface area contributed by atoms with E-state index in [1.807, 2.05) is 24.3 Å². The normalized spacial score (nSPS) is 13.3. The highest BCUT2D eigenvalue weighted by molar-refractivity contribution is 6.40. The van der Waals surface area contributed by atoms with Crippen LogP contribution in [0.5, 0.6) is 0 Å². The average Bonchev–Trinajstić information content (AvgIpc) is 2.82. The Morgan fingerprint density at radius 1 is 1.33 bits per heavy atom. The van der Waals surface area contributed by atoms with Crippen molar-refractivity contribution >= 4 is 17.5 Å². The molecule has 5 heteroatoms. The van der Waals surface area contributed by atoms with Gasteiger partial charge in [0.1, 0.15) is 0 Å². The average molecular weight is 248 g/mol. The number of aliphatic hydroxyl groups excluding tert-OH is 1. The molecule has 2 N–H and O–H groups in total. The van der Waals surface area contributed by atoms with Gasteiger partial charge in [0.05, 0.1) is 0 Å². The molecule has 1 aliphatic rings. The quantitative estimate of drug-likeness (QED) is 0.587.